The minimum atomic E-state index is -0.689. The molecule has 0 aliphatic rings. The molecule has 0 aliphatic heterocycles. The van der Waals surface area contributed by atoms with Crippen LogP contribution in [0, 0.1) is 20.8 Å². The molecule has 136 valence electrons. The zero-order valence-corrected chi connectivity index (χ0v) is 18.3. The number of aromatic nitrogens is 2. The maximum Gasteiger partial charge on any atom is 0.743 e. The van der Waals surface area contributed by atoms with Gasteiger partial charge in [0.2, 0.25) is 0 Å². The van der Waals surface area contributed by atoms with Crippen molar-refractivity contribution in [1.82, 2.24) is 9.97 Å². The van der Waals surface area contributed by atoms with Crippen LogP contribution in [0.2, 0.25) is 0 Å². The zero-order valence-electron chi connectivity index (χ0n) is 16.0. The van der Waals surface area contributed by atoms with Gasteiger partial charge in [0.05, 0.1) is 0 Å². The molecule has 4 rings (SSSR count). The van der Waals surface area contributed by atoms with Crippen LogP contribution in [-0.2, 0) is 2.84 Å². The summed E-state index contributed by atoms with van der Waals surface area (Å²) < 4.78 is 17.5. The van der Waals surface area contributed by atoms with E-state index in [2.05, 4.69) is 23.0 Å². The van der Waals surface area contributed by atoms with E-state index in [0.717, 1.165) is 44.7 Å². The van der Waals surface area contributed by atoms with Crippen molar-refractivity contribution < 1.29 is 10.4 Å². The number of benzene rings is 2. The average Bonchev–Trinajstić information content (AvgIpc) is 2.69. The largest absolute Gasteiger partial charge is 0.743 e. The number of hydrogen-bond donors (Lipinski definition) is 0. The summed E-state index contributed by atoms with van der Waals surface area (Å²) in [6, 6.07) is 18.0. The van der Waals surface area contributed by atoms with Gasteiger partial charge in [-0.2, -0.15) is 0 Å². The fraction of sp³-hybridized carbons (Fsp3) is 0.143. The smallest absolute Gasteiger partial charge is 0.626 e. The molecule has 0 fully saturated rings. The second-order valence-corrected chi connectivity index (χ2v) is 8.52. The molecule has 0 bridgehead atoms. The van der Waals surface area contributed by atoms with Gasteiger partial charge in [-0.1, -0.05) is 30.3 Å². The van der Waals surface area contributed by atoms with Crippen LogP contribution < -0.4 is 7.58 Å². The van der Waals surface area contributed by atoms with Crippen LogP contribution in [-0.4, -0.2) is 41.7 Å². The van der Waals surface area contributed by atoms with E-state index in [4.69, 9.17) is 10.4 Å². The molecular weight excluding hydrogens is 382 g/mol. The Morgan fingerprint density at radius 1 is 0.679 bits per heavy atom. The number of hydrogen-bond acceptors (Lipinski definition) is 5. The Morgan fingerprint density at radius 3 is 2.14 bits per heavy atom. The molecule has 5 nitrogen and oxygen atoms in total. The Balaban J connectivity index is 1.40. The minimum absolute atomic E-state index is 0.687. The lowest BCUT2D eigenvalue weighted by Gasteiger charge is -2.12. The maximum absolute atomic E-state index is 5.90. The van der Waals surface area contributed by atoms with E-state index in [9.17, 15) is 0 Å². The molecule has 2 heterocycles. The summed E-state index contributed by atoms with van der Waals surface area (Å²) in [5.74, 6) is 1.50. The number of fused-ring (bicyclic) bond motifs is 2. The van der Waals surface area contributed by atoms with Crippen molar-refractivity contribution in [2.24, 2.45) is 0 Å². The molecule has 0 saturated heterocycles. The van der Waals surface area contributed by atoms with Crippen molar-refractivity contribution in [3.8, 4) is 11.5 Å². The number of aryl methyl sites for hydroxylation is 3. The van der Waals surface area contributed by atoms with Crippen molar-refractivity contribution in [3.05, 3.63) is 71.5 Å². The highest BCUT2D eigenvalue weighted by molar-refractivity contribution is 6.35. The van der Waals surface area contributed by atoms with E-state index >= 15 is 0 Å². The molecule has 0 amide bonds. The van der Waals surface area contributed by atoms with E-state index < -0.39 is 31.8 Å². The van der Waals surface area contributed by atoms with Gasteiger partial charge in [-0.15, -0.1) is 0 Å². The van der Waals surface area contributed by atoms with Crippen LogP contribution in [0.4, 0.5) is 0 Å². The normalized spacial score (nSPS) is 10.8. The molecule has 7 heteroatoms. The molecule has 0 aliphatic carbocycles. The first-order valence-electron chi connectivity index (χ1n) is 8.97. The summed E-state index contributed by atoms with van der Waals surface area (Å²) in [7, 11) is 0. The van der Waals surface area contributed by atoms with Crippen molar-refractivity contribution >= 4 is 53.6 Å². The van der Waals surface area contributed by atoms with Crippen LogP contribution in [0.15, 0.2) is 54.6 Å². The number of rotatable bonds is 6. The number of pyridine rings is 2. The van der Waals surface area contributed by atoms with E-state index in [1.807, 2.05) is 62.4 Å². The van der Waals surface area contributed by atoms with Gasteiger partial charge in [-0.25, -0.2) is 9.97 Å². The summed E-state index contributed by atoms with van der Waals surface area (Å²) in [5, 5.41) is 2.15. The molecule has 2 aromatic heterocycles. The molecule has 2 radical (unpaired) electrons. The third-order valence-corrected chi connectivity index (χ3v) is 6.05. The van der Waals surface area contributed by atoms with Gasteiger partial charge in [-0.3, -0.25) is 0 Å². The average molecular weight is 400 g/mol. The monoisotopic (exact) mass is 400 g/mol. The first-order chi connectivity index (χ1) is 13.6. The highest BCUT2D eigenvalue weighted by Crippen LogP contribution is 2.27. The lowest BCUT2D eigenvalue weighted by atomic mass is 10.1. The van der Waals surface area contributed by atoms with E-state index in [-0.39, 0.29) is 0 Å². The maximum atomic E-state index is 5.90. The van der Waals surface area contributed by atoms with Gasteiger partial charge in [0.1, 0.15) is 22.5 Å². The lowest BCUT2D eigenvalue weighted by Crippen LogP contribution is -2.16. The first kappa shape index (κ1) is 19.2. The van der Waals surface area contributed by atoms with Gasteiger partial charge < -0.3 is 10.4 Å². The highest BCUT2D eigenvalue weighted by atomic mass is 27.3. The van der Waals surface area contributed by atoms with Crippen LogP contribution in [0.5, 0.6) is 11.5 Å². The Kier molecular flexibility index (Phi) is 5.83. The second-order valence-electron chi connectivity index (χ2n) is 6.57. The van der Waals surface area contributed by atoms with Crippen LogP contribution in [0.25, 0.3) is 21.8 Å². The summed E-state index contributed by atoms with van der Waals surface area (Å²) in [4.78, 5) is 9.20. The van der Waals surface area contributed by atoms with Crippen molar-refractivity contribution in [2.75, 3.05) is 0 Å². The first-order valence-corrected chi connectivity index (χ1v) is 10.9. The Bertz CT molecular complexity index is 1150. The molecule has 2 aromatic carbocycles. The van der Waals surface area contributed by atoms with Crippen molar-refractivity contribution in [1.29, 1.82) is 0 Å². The molecule has 4 aromatic rings. The Labute approximate surface area is 177 Å². The molecule has 28 heavy (non-hydrogen) atoms. The molecule has 0 atom stereocenters. The SMILES string of the molecule is Cc1ccc2cccc([O][Al][O][Al][O]c3ccc(C)c4ccc(C)nc34)c2n1. The third-order valence-electron chi connectivity index (χ3n) is 4.46. The zero-order chi connectivity index (χ0) is 19.5. The topological polar surface area (TPSA) is 53.5 Å². The van der Waals surface area contributed by atoms with Gasteiger partial charge in [0, 0.05) is 22.2 Å². The second kappa shape index (κ2) is 8.49. The fourth-order valence-corrected chi connectivity index (χ4v) is 4.24. The van der Waals surface area contributed by atoms with E-state index in [0.29, 0.717) is 0 Å². The Morgan fingerprint density at radius 2 is 1.36 bits per heavy atom. The number of para-hydroxylation sites is 1. The Hall–Kier alpha value is -2.12. The van der Waals surface area contributed by atoms with Crippen molar-refractivity contribution in [2.45, 2.75) is 20.8 Å². The molecule has 0 N–H and O–H groups in total. The summed E-state index contributed by atoms with van der Waals surface area (Å²) in [6.45, 7) is 6.02. The quantitative estimate of drug-likeness (QED) is 0.358. The van der Waals surface area contributed by atoms with E-state index in [1.165, 1.54) is 5.56 Å². The van der Waals surface area contributed by atoms with Crippen LogP contribution >= 0.6 is 0 Å². The predicted octanol–water partition coefficient (Wildman–Crippen LogP) is 4.25. The summed E-state index contributed by atoms with van der Waals surface area (Å²) >= 11 is -1.38. The van der Waals surface area contributed by atoms with Gasteiger partial charge >= 0.3 is 31.8 Å². The third kappa shape index (κ3) is 4.15. The summed E-state index contributed by atoms with van der Waals surface area (Å²) in [5.41, 5.74) is 4.84. The predicted molar refractivity (Wildman–Crippen MR) is 112 cm³/mol. The van der Waals surface area contributed by atoms with Gasteiger partial charge in [0.25, 0.3) is 0 Å². The minimum Gasteiger partial charge on any atom is -0.626 e. The number of nitrogens with zero attached hydrogens (tertiary/aromatic N) is 2. The van der Waals surface area contributed by atoms with Crippen LogP contribution in [0.1, 0.15) is 17.0 Å². The molecule has 0 saturated carbocycles. The van der Waals surface area contributed by atoms with Crippen molar-refractivity contribution in [3.63, 3.8) is 0 Å². The van der Waals surface area contributed by atoms with Gasteiger partial charge in [-0.05, 0) is 50.6 Å². The standard InChI is InChI=1S/C11H11NO.C10H9NO.2Al.O/c1-7-3-6-10(13)11-9(7)5-4-8(2)12-11;1-7-5-6-8-3-2-4-9(12)10(8)11-7;;;/h3-6,13H,1-2H3;2-6,12H,1H3;;;/q;;2*+1;/p-2. The van der Waals surface area contributed by atoms with Gasteiger partial charge in [0.15, 0.2) is 0 Å². The van der Waals surface area contributed by atoms with Crippen LogP contribution in [0.3, 0.4) is 0 Å². The molecule has 0 spiro atoms. The van der Waals surface area contributed by atoms with E-state index in [1.54, 1.807) is 0 Å². The lowest BCUT2D eigenvalue weighted by molar-refractivity contribution is 0.420. The summed E-state index contributed by atoms with van der Waals surface area (Å²) in [6.07, 6.45) is 0. The highest BCUT2D eigenvalue weighted by Gasteiger charge is 2.12. The molecule has 0 unspecified atom stereocenters. The fourth-order valence-electron chi connectivity index (χ4n) is 3.02. The molecular formula is C21H18Al2N2O3.